The lowest BCUT2D eigenvalue weighted by atomic mass is 10.1. The van der Waals surface area contributed by atoms with Gasteiger partial charge in [0.25, 0.3) is 5.69 Å². The SMILES string of the molecule is CCCc1nc2c3cc(OC)c(OC)cc3n(Cc3ccc([N+](=O)[O-])cc3)c(=O)n2n1. The summed E-state index contributed by atoms with van der Waals surface area (Å²) < 4.78 is 13.7. The Hall–Kier alpha value is -3.95. The second-order valence-corrected chi connectivity index (χ2v) is 7.03. The number of nitrogens with zero attached hydrogens (tertiary/aromatic N) is 5. The molecule has 0 spiro atoms. The van der Waals surface area contributed by atoms with Crippen molar-refractivity contribution in [3.05, 3.63) is 68.4 Å². The smallest absolute Gasteiger partial charge is 0.351 e. The Morgan fingerprint density at radius 2 is 1.77 bits per heavy atom. The van der Waals surface area contributed by atoms with E-state index in [1.165, 1.54) is 23.8 Å². The molecule has 0 aliphatic heterocycles. The molecule has 10 nitrogen and oxygen atoms in total. The van der Waals surface area contributed by atoms with Gasteiger partial charge in [-0.25, -0.2) is 9.78 Å². The summed E-state index contributed by atoms with van der Waals surface area (Å²) in [5.74, 6) is 1.57. The van der Waals surface area contributed by atoms with Crippen LogP contribution in [0, 0.1) is 10.1 Å². The first-order valence-electron chi connectivity index (χ1n) is 9.74. The van der Waals surface area contributed by atoms with Gasteiger partial charge in [-0.1, -0.05) is 19.1 Å². The molecule has 0 radical (unpaired) electrons. The number of hydrogen-bond acceptors (Lipinski definition) is 7. The number of nitro groups is 1. The zero-order valence-corrected chi connectivity index (χ0v) is 17.4. The monoisotopic (exact) mass is 423 g/mol. The number of hydrogen-bond donors (Lipinski definition) is 0. The van der Waals surface area contributed by atoms with Crippen molar-refractivity contribution in [3.63, 3.8) is 0 Å². The van der Waals surface area contributed by atoms with Crippen molar-refractivity contribution in [1.82, 2.24) is 19.2 Å². The molecule has 10 heteroatoms. The average Bonchev–Trinajstić information content (AvgIpc) is 3.20. The molecule has 0 fully saturated rings. The van der Waals surface area contributed by atoms with Crippen molar-refractivity contribution < 1.29 is 14.4 Å². The van der Waals surface area contributed by atoms with Crippen LogP contribution in [0.1, 0.15) is 24.7 Å². The molecule has 0 atom stereocenters. The van der Waals surface area contributed by atoms with E-state index < -0.39 is 4.92 Å². The van der Waals surface area contributed by atoms with Gasteiger partial charge in [0, 0.05) is 30.0 Å². The third-order valence-electron chi connectivity index (χ3n) is 5.06. The van der Waals surface area contributed by atoms with Crippen molar-refractivity contribution in [2.45, 2.75) is 26.3 Å². The number of methoxy groups -OCH3 is 2. The van der Waals surface area contributed by atoms with E-state index in [-0.39, 0.29) is 17.9 Å². The fourth-order valence-electron chi connectivity index (χ4n) is 3.54. The molecule has 160 valence electrons. The first kappa shape index (κ1) is 20.3. The summed E-state index contributed by atoms with van der Waals surface area (Å²) >= 11 is 0. The van der Waals surface area contributed by atoms with E-state index in [1.54, 1.807) is 35.9 Å². The lowest BCUT2D eigenvalue weighted by Crippen LogP contribution is -2.28. The van der Waals surface area contributed by atoms with Gasteiger partial charge in [0.2, 0.25) is 0 Å². The lowest BCUT2D eigenvalue weighted by molar-refractivity contribution is -0.384. The van der Waals surface area contributed by atoms with E-state index in [9.17, 15) is 14.9 Å². The topological polar surface area (TPSA) is 114 Å². The molecule has 0 aliphatic carbocycles. The van der Waals surface area contributed by atoms with E-state index >= 15 is 0 Å². The van der Waals surface area contributed by atoms with Crippen LogP contribution < -0.4 is 15.2 Å². The number of aromatic nitrogens is 4. The normalized spacial score (nSPS) is 11.2. The number of ether oxygens (including phenoxy) is 2. The van der Waals surface area contributed by atoms with Crippen molar-refractivity contribution in [1.29, 1.82) is 0 Å². The predicted octanol–water partition coefficient (Wildman–Crippen LogP) is 2.97. The summed E-state index contributed by atoms with van der Waals surface area (Å²) in [5.41, 5.74) is 1.41. The van der Waals surface area contributed by atoms with Gasteiger partial charge in [0.05, 0.1) is 31.2 Å². The number of non-ortho nitro benzene ring substituents is 1. The summed E-state index contributed by atoms with van der Waals surface area (Å²) in [6, 6.07) is 9.60. The number of rotatable bonds is 7. The Kier molecular flexibility index (Phi) is 5.28. The second kappa shape index (κ2) is 8.05. The first-order chi connectivity index (χ1) is 15.0. The highest BCUT2D eigenvalue weighted by molar-refractivity contribution is 5.94. The van der Waals surface area contributed by atoms with Gasteiger partial charge in [-0.3, -0.25) is 14.7 Å². The molecule has 0 amide bonds. The average molecular weight is 423 g/mol. The summed E-state index contributed by atoms with van der Waals surface area (Å²) in [7, 11) is 3.07. The van der Waals surface area contributed by atoms with E-state index in [2.05, 4.69) is 10.1 Å². The summed E-state index contributed by atoms with van der Waals surface area (Å²) in [6.45, 7) is 2.21. The maximum absolute atomic E-state index is 13.3. The third-order valence-corrected chi connectivity index (χ3v) is 5.06. The van der Waals surface area contributed by atoms with E-state index in [0.717, 1.165) is 12.0 Å². The minimum absolute atomic E-state index is 0.0108. The zero-order valence-electron chi connectivity index (χ0n) is 17.4. The van der Waals surface area contributed by atoms with E-state index in [1.807, 2.05) is 6.92 Å². The number of benzene rings is 2. The third kappa shape index (κ3) is 3.56. The molecule has 0 saturated carbocycles. The van der Waals surface area contributed by atoms with Gasteiger partial charge in [-0.15, -0.1) is 5.10 Å². The molecule has 0 bridgehead atoms. The first-order valence-corrected chi connectivity index (χ1v) is 9.74. The summed E-state index contributed by atoms with van der Waals surface area (Å²) in [4.78, 5) is 28.4. The van der Waals surface area contributed by atoms with Crippen LogP contribution in [-0.2, 0) is 13.0 Å². The molecular weight excluding hydrogens is 402 g/mol. The van der Waals surface area contributed by atoms with Crippen molar-refractivity contribution in [3.8, 4) is 11.5 Å². The Morgan fingerprint density at radius 1 is 1.10 bits per heavy atom. The number of fused-ring (bicyclic) bond motifs is 3. The van der Waals surface area contributed by atoms with Gasteiger partial charge in [0.1, 0.15) is 0 Å². The number of aryl methyl sites for hydroxylation is 1. The molecule has 4 aromatic rings. The molecule has 0 unspecified atom stereocenters. The van der Waals surface area contributed by atoms with Gasteiger partial charge in [0.15, 0.2) is 23.0 Å². The highest BCUT2D eigenvalue weighted by Gasteiger charge is 2.18. The van der Waals surface area contributed by atoms with Crippen LogP contribution >= 0.6 is 0 Å². The minimum atomic E-state index is -0.459. The molecule has 4 rings (SSSR count). The quantitative estimate of drug-likeness (QED) is 0.332. The predicted molar refractivity (Wildman–Crippen MR) is 114 cm³/mol. The highest BCUT2D eigenvalue weighted by atomic mass is 16.6. The Bertz CT molecular complexity index is 1340. The summed E-state index contributed by atoms with van der Waals surface area (Å²) in [6.07, 6.45) is 1.50. The van der Waals surface area contributed by atoms with E-state index in [0.29, 0.717) is 40.3 Å². The van der Waals surface area contributed by atoms with Gasteiger partial charge in [-0.05, 0) is 18.1 Å². The second-order valence-electron chi connectivity index (χ2n) is 7.03. The zero-order chi connectivity index (χ0) is 22.1. The van der Waals surface area contributed by atoms with Crippen LogP contribution in [0.5, 0.6) is 11.5 Å². The van der Waals surface area contributed by atoms with Crippen molar-refractivity contribution in [2.24, 2.45) is 0 Å². The maximum Gasteiger partial charge on any atom is 0.351 e. The van der Waals surface area contributed by atoms with Crippen LogP contribution in [0.2, 0.25) is 0 Å². The van der Waals surface area contributed by atoms with Crippen LogP contribution in [0.4, 0.5) is 5.69 Å². The Morgan fingerprint density at radius 3 is 2.39 bits per heavy atom. The van der Waals surface area contributed by atoms with Crippen LogP contribution in [-0.4, -0.2) is 38.3 Å². The lowest BCUT2D eigenvalue weighted by Gasteiger charge is -2.14. The number of nitro benzene ring substituents is 1. The van der Waals surface area contributed by atoms with Crippen LogP contribution in [0.3, 0.4) is 0 Å². The van der Waals surface area contributed by atoms with Gasteiger partial charge < -0.3 is 9.47 Å². The standard InChI is InChI=1S/C21H21N5O5/c1-4-5-19-22-20-15-10-17(30-2)18(31-3)11-16(15)24(21(27)25(20)23-19)12-13-6-8-14(9-7-13)26(28)29/h6-11H,4-5,12H2,1-3H3. The summed E-state index contributed by atoms with van der Waals surface area (Å²) in [5, 5.41) is 16.0. The Labute approximate surface area is 176 Å². The Balaban J connectivity index is 1.98. The molecular formula is C21H21N5O5. The molecule has 0 N–H and O–H groups in total. The minimum Gasteiger partial charge on any atom is -0.493 e. The van der Waals surface area contributed by atoms with Crippen LogP contribution in [0.15, 0.2) is 41.2 Å². The molecule has 0 saturated heterocycles. The molecule has 2 aromatic carbocycles. The van der Waals surface area contributed by atoms with Crippen molar-refractivity contribution >= 4 is 22.2 Å². The fourth-order valence-corrected chi connectivity index (χ4v) is 3.54. The van der Waals surface area contributed by atoms with E-state index in [4.69, 9.17) is 9.47 Å². The highest BCUT2D eigenvalue weighted by Crippen LogP contribution is 2.33. The molecule has 0 aliphatic rings. The largest absolute Gasteiger partial charge is 0.493 e. The molecule has 31 heavy (non-hydrogen) atoms. The molecule has 2 aromatic heterocycles. The van der Waals surface area contributed by atoms with Gasteiger partial charge >= 0.3 is 5.69 Å². The fraction of sp³-hybridized carbons (Fsp3) is 0.286. The van der Waals surface area contributed by atoms with Gasteiger partial charge in [-0.2, -0.15) is 4.52 Å². The molecule has 2 heterocycles. The maximum atomic E-state index is 13.3. The van der Waals surface area contributed by atoms with Crippen molar-refractivity contribution in [2.75, 3.05) is 14.2 Å². The van der Waals surface area contributed by atoms with Crippen LogP contribution in [0.25, 0.3) is 16.6 Å².